The second-order valence-corrected chi connectivity index (χ2v) is 9.47. The van der Waals surface area contributed by atoms with Crippen molar-refractivity contribution in [2.24, 2.45) is 5.73 Å². The Bertz CT molecular complexity index is 1510. The molecule has 4 aromatic heterocycles. The molecule has 0 saturated heterocycles. The van der Waals surface area contributed by atoms with Crippen LogP contribution >= 0.6 is 0 Å². The van der Waals surface area contributed by atoms with Crippen LogP contribution in [0, 0.1) is 0 Å². The maximum Gasteiger partial charge on any atom is 0.163 e. The third-order valence-electron chi connectivity index (χ3n) is 7.34. The Kier molecular flexibility index (Phi) is 4.14. The fraction of sp³-hybridized carbons (Fsp3) is 0.308. The molecule has 2 aliphatic rings. The van der Waals surface area contributed by atoms with Gasteiger partial charge in [0.1, 0.15) is 11.5 Å². The van der Waals surface area contributed by atoms with Crippen molar-refractivity contribution in [3.63, 3.8) is 0 Å². The zero-order chi connectivity index (χ0) is 21.9. The van der Waals surface area contributed by atoms with Gasteiger partial charge in [-0.3, -0.25) is 4.98 Å². The first-order chi connectivity index (χ1) is 16.2. The molecule has 2 aliphatic carbocycles. The van der Waals surface area contributed by atoms with Gasteiger partial charge in [0.25, 0.3) is 0 Å². The summed E-state index contributed by atoms with van der Waals surface area (Å²) in [5, 5.41) is 6.99. The molecule has 4 heterocycles. The minimum atomic E-state index is 0.272. The molecule has 2 fully saturated rings. The number of nitrogens with zero attached hydrogens (tertiary/aromatic N) is 4. The van der Waals surface area contributed by atoms with Gasteiger partial charge in [0.15, 0.2) is 5.82 Å². The van der Waals surface area contributed by atoms with E-state index in [0.29, 0.717) is 17.8 Å². The highest BCUT2D eigenvalue weighted by Gasteiger charge is 2.29. The molecule has 0 atom stereocenters. The standard InChI is InChI=1S/C26H25N7/c27-15-10-16(11-15)30-26-23-19(14-4-3-5-14)12-28-13-21(23)32-24(33-26)18-8-9-29-25-22(18)17-6-1-2-7-20(17)31-25/h1-2,6-9,12-16H,3-5,10-11,27H2,(H,29,31)(H,30,32,33). The first-order valence-corrected chi connectivity index (χ1v) is 11.8. The third-order valence-corrected chi connectivity index (χ3v) is 7.34. The molecule has 7 nitrogen and oxygen atoms in total. The molecule has 0 amide bonds. The van der Waals surface area contributed by atoms with Crippen LogP contribution in [0.5, 0.6) is 0 Å². The van der Waals surface area contributed by atoms with Crippen molar-refractivity contribution in [2.45, 2.75) is 50.1 Å². The quantitative estimate of drug-likeness (QED) is 0.371. The number of aromatic amines is 1. The Morgan fingerprint density at radius 1 is 1.00 bits per heavy atom. The highest BCUT2D eigenvalue weighted by Crippen LogP contribution is 2.42. The zero-order valence-corrected chi connectivity index (χ0v) is 18.3. The number of nitrogens with two attached hydrogens (primary N) is 1. The second-order valence-electron chi connectivity index (χ2n) is 9.47. The van der Waals surface area contributed by atoms with E-state index in [1.165, 1.54) is 24.8 Å². The third kappa shape index (κ3) is 2.99. The number of anilines is 1. The largest absolute Gasteiger partial charge is 0.367 e. The summed E-state index contributed by atoms with van der Waals surface area (Å²) in [5.41, 5.74) is 11.1. The number of benzene rings is 1. The molecule has 33 heavy (non-hydrogen) atoms. The van der Waals surface area contributed by atoms with E-state index in [4.69, 9.17) is 15.7 Å². The van der Waals surface area contributed by atoms with Crippen LogP contribution in [0.1, 0.15) is 43.6 Å². The van der Waals surface area contributed by atoms with Crippen molar-refractivity contribution in [2.75, 3.05) is 5.32 Å². The van der Waals surface area contributed by atoms with Crippen LogP contribution in [0.25, 0.3) is 44.2 Å². The summed E-state index contributed by atoms with van der Waals surface area (Å²) in [6, 6.07) is 10.9. The molecule has 7 rings (SSSR count). The lowest BCUT2D eigenvalue weighted by Gasteiger charge is -2.34. The highest BCUT2D eigenvalue weighted by atomic mass is 15.1. The number of fused-ring (bicyclic) bond motifs is 4. The zero-order valence-electron chi connectivity index (χ0n) is 18.3. The lowest BCUT2D eigenvalue weighted by atomic mass is 9.79. The second kappa shape index (κ2) is 7.22. The monoisotopic (exact) mass is 435 g/mol. The van der Waals surface area contributed by atoms with Gasteiger partial charge in [-0.2, -0.15) is 0 Å². The van der Waals surface area contributed by atoms with Crippen molar-refractivity contribution in [3.05, 3.63) is 54.5 Å². The number of hydrogen-bond acceptors (Lipinski definition) is 6. The normalized spacial score (nSPS) is 20.8. The van der Waals surface area contributed by atoms with Crippen LogP contribution < -0.4 is 11.1 Å². The van der Waals surface area contributed by atoms with E-state index in [9.17, 15) is 0 Å². The molecule has 0 unspecified atom stereocenters. The number of H-pyrrole nitrogens is 1. The van der Waals surface area contributed by atoms with Crippen molar-refractivity contribution in [1.29, 1.82) is 0 Å². The number of hydrogen-bond donors (Lipinski definition) is 3. The number of para-hydroxylation sites is 1. The van der Waals surface area contributed by atoms with E-state index in [1.54, 1.807) is 0 Å². The van der Waals surface area contributed by atoms with E-state index < -0.39 is 0 Å². The first-order valence-electron chi connectivity index (χ1n) is 11.8. The lowest BCUT2D eigenvalue weighted by molar-refractivity contribution is 0.373. The Balaban J connectivity index is 1.46. The summed E-state index contributed by atoms with van der Waals surface area (Å²) in [6.45, 7) is 0. The van der Waals surface area contributed by atoms with Gasteiger partial charge in [-0.15, -0.1) is 0 Å². The molecule has 4 N–H and O–H groups in total. The van der Waals surface area contributed by atoms with Gasteiger partial charge in [0, 0.05) is 51.7 Å². The summed E-state index contributed by atoms with van der Waals surface area (Å²) >= 11 is 0. The van der Waals surface area contributed by atoms with Gasteiger partial charge < -0.3 is 16.0 Å². The maximum atomic E-state index is 6.07. The van der Waals surface area contributed by atoms with Crippen LogP contribution in [0.3, 0.4) is 0 Å². The molecule has 2 saturated carbocycles. The lowest BCUT2D eigenvalue weighted by Crippen LogP contribution is -2.44. The molecule has 0 aliphatic heterocycles. The van der Waals surface area contributed by atoms with E-state index >= 15 is 0 Å². The summed E-state index contributed by atoms with van der Waals surface area (Å²) in [6.07, 6.45) is 11.3. The van der Waals surface area contributed by atoms with Gasteiger partial charge in [-0.1, -0.05) is 24.6 Å². The average molecular weight is 436 g/mol. The van der Waals surface area contributed by atoms with Gasteiger partial charge in [-0.25, -0.2) is 15.0 Å². The molecular weight excluding hydrogens is 410 g/mol. The number of rotatable bonds is 4. The minimum Gasteiger partial charge on any atom is -0.367 e. The van der Waals surface area contributed by atoms with E-state index in [2.05, 4.69) is 38.5 Å². The molecule has 164 valence electrons. The highest BCUT2D eigenvalue weighted by molar-refractivity contribution is 6.12. The van der Waals surface area contributed by atoms with E-state index in [1.807, 2.05) is 30.7 Å². The maximum absolute atomic E-state index is 6.07. The summed E-state index contributed by atoms with van der Waals surface area (Å²) < 4.78 is 0. The predicted octanol–water partition coefficient (Wildman–Crippen LogP) is 4.89. The van der Waals surface area contributed by atoms with Gasteiger partial charge in [0.2, 0.25) is 0 Å². The number of nitrogens with one attached hydrogen (secondary N) is 2. The van der Waals surface area contributed by atoms with Gasteiger partial charge in [-0.05, 0) is 49.3 Å². The van der Waals surface area contributed by atoms with Crippen molar-refractivity contribution in [1.82, 2.24) is 24.9 Å². The van der Waals surface area contributed by atoms with Crippen LogP contribution in [0.2, 0.25) is 0 Å². The molecular formula is C26H25N7. The average Bonchev–Trinajstić information content (AvgIpc) is 3.15. The first kappa shape index (κ1) is 18.9. The Labute approximate surface area is 190 Å². The molecule has 0 radical (unpaired) electrons. The fourth-order valence-electron chi connectivity index (χ4n) is 5.29. The summed E-state index contributed by atoms with van der Waals surface area (Å²) in [4.78, 5) is 22.7. The molecule has 7 heteroatoms. The van der Waals surface area contributed by atoms with Crippen molar-refractivity contribution < 1.29 is 0 Å². The number of pyridine rings is 2. The van der Waals surface area contributed by atoms with Crippen molar-refractivity contribution in [3.8, 4) is 11.4 Å². The van der Waals surface area contributed by atoms with Crippen LogP contribution in [0.4, 0.5) is 5.82 Å². The minimum absolute atomic E-state index is 0.272. The van der Waals surface area contributed by atoms with Crippen LogP contribution in [0.15, 0.2) is 48.9 Å². The summed E-state index contributed by atoms with van der Waals surface area (Å²) in [5.74, 6) is 2.14. The van der Waals surface area contributed by atoms with Gasteiger partial charge >= 0.3 is 0 Å². The van der Waals surface area contributed by atoms with Gasteiger partial charge in [0.05, 0.1) is 11.7 Å². The van der Waals surface area contributed by atoms with Crippen LogP contribution in [-0.2, 0) is 0 Å². The topological polar surface area (TPSA) is 105 Å². The Morgan fingerprint density at radius 3 is 2.70 bits per heavy atom. The molecule has 1 aromatic carbocycles. The predicted molar refractivity (Wildman–Crippen MR) is 131 cm³/mol. The van der Waals surface area contributed by atoms with E-state index in [-0.39, 0.29) is 6.04 Å². The molecule has 5 aromatic rings. The Morgan fingerprint density at radius 2 is 1.88 bits per heavy atom. The Hall–Kier alpha value is -3.58. The SMILES string of the molecule is NC1CC(Nc2nc(-c3ccnc4[nH]c5ccccc5c34)nc3cncc(C4CCC4)c23)C1. The van der Waals surface area contributed by atoms with Crippen molar-refractivity contribution >= 4 is 38.7 Å². The summed E-state index contributed by atoms with van der Waals surface area (Å²) in [7, 11) is 0. The fourth-order valence-corrected chi connectivity index (χ4v) is 5.29. The number of aromatic nitrogens is 5. The smallest absolute Gasteiger partial charge is 0.163 e. The molecule has 0 spiro atoms. The van der Waals surface area contributed by atoms with E-state index in [0.717, 1.165) is 57.1 Å². The van der Waals surface area contributed by atoms with Crippen LogP contribution in [-0.4, -0.2) is 37.0 Å². The molecule has 0 bridgehead atoms.